The van der Waals surface area contributed by atoms with Crippen LogP contribution in [0.2, 0.25) is 0 Å². The molecular formula is C26H34FN3O5S. The van der Waals surface area contributed by atoms with Gasteiger partial charge in [0.1, 0.15) is 11.9 Å². The molecule has 36 heavy (non-hydrogen) atoms. The topological polar surface area (TPSA) is 96.0 Å². The molecule has 8 nitrogen and oxygen atoms in total. The number of sulfonamides is 1. The molecule has 196 valence electrons. The fourth-order valence-electron chi connectivity index (χ4n) is 4.09. The molecule has 0 aliphatic carbocycles. The summed E-state index contributed by atoms with van der Waals surface area (Å²) >= 11 is 0. The standard InChI is InChI=1S/C26H34FN3O5S/c1-20(26(32)28-15-18-35-2)30(19-22-5-10-23(27)11-6-22)25(31)14-9-21-7-12-24(13-8-21)36(33,34)29-16-3-4-17-29/h5-8,10-13,20H,3-4,9,14-19H2,1-2H3,(H,28,32)/t20-/m0/s1. The number of rotatable bonds is 12. The Labute approximate surface area is 212 Å². The molecule has 1 aliphatic heterocycles. The van der Waals surface area contributed by atoms with Crippen LogP contribution in [0, 0.1) is 5.82 Å². The fraction of sp³-hybridized carbons (Fsp3) is 0.462. The van der Waals surface area contributed by atoms with Gasteiger partial charge in [-0.25, -0.2) is 12.8 Å². The second kappa shape index (κ2) is 12.9. The van der Waals surface area contributed by atoms with Crippen LogP contribution < -0.4 is 5.32 Å². The van der Waals surface area contributed by atoms with Crippen LogP contribution in [0.1, 0.15) is 37.3 Å². The Hall–Kier alpha value is -2.82. The number of halogens is 1. The number of methoxy groups -OCH3 is 1. The van der Waals surface area contributed by atoms with E-state index in [2.05, 4.69) is 5.32 Å². The Morgan fingerprint density at radius 3 is 2.28 bits per heavy atom. The van der Waals surface area contributed by atoms with Crippen LogP contribution in [0.3, 0.4) is 0 Å². The number of aryl methyl sites for hydroxylation is 1. The van der Waals surface area contributed by atoms with Crippen LogP contribution in [0.15, 0.2) is 53.4 Å². The van der Waals surface area contributed by atoms with Gasteiger partial charge < -0.3 is 15.0 Å². The van der Waals surface area contributed by atoms with E-state index in [-0.39, 0.29) is 35.5 Å². The van der Waals surface area contributed by atoms with Crippen LogP contribution in [0.4, 0.5) is 4.39 Å². The second-order valence-corrected chi connectivity index (χ2v) is 10.8. The Balaban J connectivity index is 1.67. The Morgan fingerprint density at radius 1 is 1.06 bits per heavy atom. The summed E-state index contributed by atoms with van der Waals surface area (Å²) in [5, 5.41) is 2.75. The maximum atomic E-state index is 13.3. The van der Waals surface area contributed by atoms with Crippen molar-refractivity contribution in [3.63, 3.8) is 0 Å². The highest BCUT2D eigenvalue weighted by atomic mass is 32.2. The van der Waals surface area contributed by atoms with Crippen molar-refractivity contribution in [2.75, 3.05) is 33.4 Å². The zero-order chi connectivity index (χ0) is 26.1. The number of nitrogens with one attached hydrogen (secondary N) is 1. The molecule has 2 aromatic carbocycles. The van der Waals surface area contributed by atoms with Gasteiger partial charge in [0, 0.05) is 39.7 Å². The first-order chi connectivity index (χ1) is 17.2. The number of hydrogen-bond acceptors (Lipinski definition) is 5. The molecule has 1 saturated heterocycles. The van der Waals surface area contributed by atoms with Crippen molar-refractivity contribution in [1.82, 2.24) is 14.5 Å². The molecule has 0 bridgehead atoms. The quantitative estimate of drug-likeness (QED) is 0.435. The minimum atomic E-state index is -3.49. The highest BCUT2D eigenvalue weighted by Gasteiger charge is 2.28. The maximum Gasteiger partial charge on any atom is 0.243 e. The van der Waals surface area contributed by atoms with Crippen LogP contribution in [0.5, 0.6) is 0 Å². The highest BCUT2D eigenvalue weighted by Crippen LogP contribution is 2.22. The van der Waals surface area contributed by atoms with Crippen LogP contribution in [-0.2, 0) is 37.3 Å². The lowest BCUT2D eigenvalue weighted by Gasteiger charge is -2.29. The Kier molecular flexibility index (Phi) is 9.98. The SMILES string of the molecule is COCCNC(=O)[C@H](C)N(Cc1ccc(F)cc1)C(=O)CCc1ccc(S(=O)(=O)N2CCCC2)cc1. The first kappa shape index (κ1) is 27.8. The van der Waals surface area contributed by atoms with Crippen molar-refractivity contribution in [2.24, 2.45) is 0 Å². The number of benzene rings is 2. The first-order valence-corrected chi connectivity index (χ1v) is 13.6. The minimum Gasteiger partial charge on any atom is -0.383 e. The molecule has 3 rings (SSSR count). The summed E-state index contributed by atoms with van der Waals surface area (Å²) in [6.07, 6.45) is 2.27. The summed E-state index contributed by atoms with van der Waals surface area (Å²) in [5.41, 5.74) is 1.53. The molecule has 0 unspecified atom stereocenters. The third kappa shape index (κ3) is 7.35. The zero-order valence-electron chi connectivity index (χ0n) is 20.8. The Morgan fingerprint density at radius 2 is 1.67 bits per heavy atom. The summed E-state index contributed by atoms with van der Waals surface area (Å²) in [4.78, 5) is 27.6. The molecular weight excluding hydrogens is 485 g/mol. The summed E-state index contributed by atoms with van der Waals surface area (Å²) in [6.45, 7) is 3.57. The summed E-state index contributed by atoms with van der Waals surface area (Å²) in [6, 6.07) is 11.7. The Bertz CT molecular complexity index is 1120. The zero-order valence-corrected chi connectivity index (χ0v) is 21.6. The van der Waals surface area contributed by atoms with Gasteiger partial charge in [-0.1, -0.05) is 24.3 Å². The lowest BCUT2D eigenvalue weighted by molar-refractivity contribution is -0.140. The second-order valence-electron chi connectivity index (χ2n) is 8.86. The molecule has 1 atom stereocenters. The molecule has 2 aromatic rings. The summed E-state index contributed by atoms with van der Waals surface area (Å²) < 4.78 is 45.3. The van der Waals surface area contributed by atoms with Crippen molar-refractivity contribution in [3.05, 3.63) is 65.5 Å². The number of carbonyl (C=O) groups is 2. The van der Waals surface area contributed by atoms with E-state index in [1.54, 1.807) is 43.3 Å². The lowest BCUT2D eigenvalue weighted by Crippen LogP contribution is -2.48. The fourth-order valence-corrected chi connectivity index (χ4v) is 5.61. The van der Waals surface area contributed by atoms with Gasteiger partial charge in [0.15, 0.2) is 0 Å². The average molecular weight is 520 g/mol. The molecule has 2 amide bonds. The van der Waals surface area contributed by atoms with E-state index in [1.165, 1.54) is 28.4 Å². The molecule has 0 aromatic heterocycles. The van der Waals surface area contributed by atoms with E-state index in [0.29, 0.717) is 38.2 Å². The smallest absolute Gasteiger partial charge is 0.243 e. The van der Waals surface area contributed by atoms with Gasteiger partial charge in [-0.3, -0.25) is 9.59 Å². The number of hydrogen-bond donors (Lipinski definition) is 1. The maximum absolute atomic E-state index is 13.3. The predicted molar refractivity (Wildman–Crippen MR) is 134 cm³/mol. The minimum absolute atomic E-state index is 0.134. The number of amides is 2. The third-order valence-corrected chi connectivity index (χ3v) is 8.21. The highest BCUT2D eigenvalue weighted by molar-refractivity contribution is 7.89. The third-order valence-electron chi connectivity index (χ3n) is 6.29. The number of carbonyl (C=O) groups excluding carboxylic acids is 2. The van der Waals surface area contributed by atoms with Gasteiger partial charge in [0.2, 0.25) is 21.8 Å². The molecule has 0 radical (unpaired) electrons. The van der Waals surface area contributed by atoms with E-state index in [1.807, 2.05) is 0 Å². The van der Waals surface area contributed by atoms with Crippen LogP contribution >= 0.6 is 0 Å². The van der Waals surface area contributed by atoms with Crippen LogP contribution in [-0.4, -0.2) is 68.8 Å². The van der Waals surface area contributed by atoms with Crippen molar-refractivity contribution in [3.8, 4) is 0 Å². The molecule has 1 aliphatic rings. The van der Waals surface area contributed by atoms with Gasteiger partial charge in [0.05, 0.1) is 11.5 Å². The predicted octanol–water partition coefficient (Wildman–Crippen LogP) is 2.72. The van der Waals surface area contributed by atoms with Gasteiger partial charge >= 0.3 is 0 Å². The average Bonchev–Trinajstić information content (AvgIpc) is 3.43. The van der Waals surface area contributed by atoms with Crippen molar-refractivity contribution in [1.29, 1.82) is 0 Å². The molecule has 1 fully saturated rings. The van der Waals surface area contributed by atoms with Crippen molar-refractivity contribution >= 4 is 21.8 Å². The largest absolute Gasteiger partial charge is 0.383 e. The molecule has 1 N–H and O–H groups in total. The molecule has 0 saturated carbocycles. The summed E-state index contributed by atoms with van der Waals surface area (Å²) in [5.74, 6) is -0.918. The van der Waals surface area contributed by atoms with Gasteiger partial charge in [-0.05, 0) is 61.6 Å². The molecule has 1 heterocycles. The van der Waals surface area contributed by atoms with Crippen molar-refractivity contribution in [2.45, 2.75) is 50.1 Å². The van der Waals surface area contributed by atoms with E-state index < -0.39 is 16.1 Å². The van der Waals surface area contributed by atoms with E-state index in [0.717, 1.165) is 18.4 Å². The monoisotopic (exact) mass is 519 g/mol. The normalized spacial score (nSPS) is 15.0. The van der Waals surface area contributed by atoms with E-state index in [4.69, 9.17) is 4.74 Å². The first-order valence-electron chi connectivity index (χ1n) is 12.1. The van der Waals surface area contributed by atoms with Gasteiger partial charge in [-0.2, -0.15) is 4.31 Å². The summed E-state index contributed by atoms with van der Waals surface area (Å²) in [7, 11) is -1.95. The van der Waals surface area contributed by atoms with Gasteiger partial charge in [0.25, 0.3) is 0 Å². The van der Waals surface area contributed by atoms with Crippen LogP contribution in [0.25, 0.3) is 0 Å². The molecule has 10 heteroatoms. The van der Waals surface area contributed by atoms with Gasteiger partial charge in [-0.15, -0.1) is 0 Å². The lowest BCUT2D eigenvalue weighted by atomic mass is 10.1. The number of nitrogens with zero attached hydrogens (tertiary/aromatic N) is 2. The number of ether oxygens (including phenoxy) is 1. The van der Waals surface area contributed by atoms with E-state index >= 15 is 0 Å². The molecule has 0 spiro atoms. The van der Waals surface area contributed by atoms with Crippen molar-refractivity contribution < 1.29 is 27.1 Å². The van der Waals surface area contributed by atoms with E-state index in [9.17, 15) is 22.4 Å².